The summed E-state index contributed by atoms with van der Waals surface area (Å²) in [5.74, 6) is 1.34. The summed E-state index contributed by atoms with van der Waals surface area (Å²) in [6.07, 6.45) is 4.22. The Balaban J connectivity index is 1.88. The fourth-order valence-electron chi connectivity index (χ4n) is 3.28. The number of aromatic nitrogens is 3. The number of hydrogen-bond donors (Lipinski definition) is 0. The van der Waals surface area contributed by atoms with E-state index in [9.17, 15) is 4.79 Å². The van der Waals surface area contributed by atoms with Crippen LogP contribution >= 0.6 is 11.3 Å². The van der Waals surface area contributed by atoms with E-state index in [2.05, 4.69) is 33.7 Å². The molecule has 0 unspecified atom stereocenters. The normalized spacial score (nSPS) is 11.2. The van der Waals surface area contributed by atoms with Crippen LogP contribution in [0.5, 0.6) is 0 Å². The molecule has 28 heavy (non-hydrogen) atoms. The average Bonchev–Trinajstić information content (AvgIpc) is 3.02. The van der Waals surface area contributed by atoms with Crippen molar-refractivity contribution in [1.29, 1.82) is 0 Å². The highest BCUT2D eigenvalue weighted by molar-refractivity contribution is 7.20. The summed E-state index contributed by atoms with van der Waals surface area (Å²) < 4.78 is 0. The number of aryl methyl sites for hydroxylation is 1. The zero-order chi connectivity index (χ0) is 20.3. The minimum atomic E-state index is 0.0521. The van der Waals surface area contributed by atoms with Crippen LogP contribution in [0, 0.1) is 12.8 Å². The maximum Gasteiger partial charge on any atom is 0.264 e. The van der Waals surface area contributed by atoms with E-state index in [0.29, 0.717) is 5.92 Å². The molecule has 0 aromatic carbocycles. The third-order valence-electron chi connectivity index (χ3n) is 4.68. The highest BCUT2D eigenvalue weighted by Crippen LogP contribution is 2.35. The van der Waals surface area contributed by atoms with Gasteiger partial charge in [0.25, 0.3) is 5.91 Å². The molecule has 6 nitrogen and oxygen atoms in total. The third kappa shape index (κ3) is 4.30. The second kappa shape index (κ2) is 8.65. The standard InChI is InChI=1S/C21H27N5OS/c1-14(2)12-26(5)21(27)18-15(3)17-19(23-13-24-20(17)28-18)25(4)11-9-16-8-6-7-10-22-16/h6-8,10,13-14H,9,11-12H2,1-5H3. The first kappa shape index (κ1) is 20.2. The van der Waals surface area contributed by atoms with E-state index >= 15 is 0 Å². The van der Waals surface area contributed by atoms with E-state index < -0.39 is 0 Å². The van der Waals surface area contributed by atoms with Gasteiger partial charge in [-0.15, -0.1) is 11.3 Å². The lowest BCUT2D eigenvalue weighted by Crippen LogP contribution is -2.30. The number of carbonyl (C=O) groups excluding carboxylic acids is 1. The molecule has 0 aliphatic carbocycles. The molecule has 1 amide bonds. The number of nitrogens with zero attached hydrogens (tertiary/aromatic N) is 5. The van der Waals surface area contributed by atoms with Gasteiger partial charge in [0.2, 0.25) is 0 Å². The molecule has 7 heteroatoms. The molecule has 0 N–H and O–H groups in total. The summed E-state index contributed by atoms with van der Waals surface area (Å²) in [6.45, 7) is 7.74. The largest absolute Gasteiger partial charge is 0.359 e. The van der Waals surface area contributed by atoms with Crippen molar-refractivity contribution in [3.05, 3.63) is 46.9 Å². The van der Waals surface area contributed by atoms with Crippen LogP contribution in [0.25, 0.3) is 10.2 Å². The van der Waals surface area contributed by atoms with Crippen LogP contribution < -0.4 is 4.90 Å². The van der Waals surface area contributed by atoms with Crippen LogP contribution in [0.4, 0.5) is 5.82 Å². The average molecular weight is 398 g/mol. The van der Waals surface area contributed by atoms with Crippen molar-refractivity contribution in [3.63, 3.8) is 0 Å². The second-order valence-corrected chi connectivity index (χ2v) is 8.50. The van der Waals surface area contributed by atoms with E-state index in [1.807, 2.05) is 45.4 Å². The Hall–Kier alpha value is -2.54. The highest BCUT2D eigenvalue weighted by atomic mass is 32.1. The molecule has 0 radical (unpaired) electrons. The van der Waals surface area contributed by atoms with Crippen LogP contribution in [0.3, 0.4) is 0 Å². The predicted octanol–water partition coefficient (Wildman–Crippen LogP) is 3.80. The Morgan fingerprint density at radius 3 is 2.64 bits per heavy atom. The lowest BCUT2D eigenvalue weighted by Gasteiger charge is -2.20. The first-order chi connectivity index (χ1) is 13.4. The van der Waals surface area contributed by atoms with E-state index in [1.54, 1.807) is 11.2 Å². The lowest BCUT2D eigenvalue weighted by atomic mass is 10.1. The molecule has 0 atom stereocenters. The number of hydrogen-bond acceptors (Lipinski definition) is 6. The maximum atomic E-state index is 12.9. The van der Waals surface area contributed by atoms with E-state index in [-0.39, 0.29) is 5.91 Å². The number of likely N-dealkylation sites (N-methyl/N-ethyl adjacent to an activating group) is 1. The number of amides is 1. The fraction of sp³-hybridized carbons (Fsp3) is 0.429. The summed E-state index contributed by atoms with van der Waals surface area (Å²) in [5, 5.41) is 0.970. The van der Waals surface area contributed by atoms with Gasteiger partial charge in [-0.1, -0.05) is 19.9 Å². The molecule has 148 valence electrons. The van der Waals surface area contributed by atoms with Crippen molar-refractivity contribution >= 4 is 33.3 Å². The highest BCUT2D eigenvalue weighted by Gasteiger charge is 2.23. The predicted molar refractivity (Wildman–Crippen MR) is 115 cm³/mol. The molecule has 0 aliphatic heterocycles. The molecule has 0 fully saturated rings. The number of rotatable bonds is 7. The second-order valence-electron chi connectivity index (χ2n) is 7.51. The SMILES string of the molecule is Cc1c(C(=O)N(C)CC(C)C)sc2ncnc(N(C)CCc3ccccn3)c12. The summed E-state index contributed by atoms with van der Waals surface area (Å²) in [4.78, 5) is 31.8. The molecule has 0 saturated carbocycles. The lowest BCUT2D eigenvalue weighted by molar-refractivity contribution is 0.0783. The van der Waals surface area contributed by atoms with Crippen molar-refractivity contribution in [2.75, 3.05) is 32.1 Å². The van der Waals surface area contributed by atoms with E-state index in [0.717, 1.165) is 51.7 Å². The van der Waals surface area contributed by atoms with E-state index in [1.165, 1.54) is 11.3 Å². The van der Waals surface area contributed by atoms with Crippen molar-refractivity contribution in [2.45, 2.75) is 27.2 Å². The van der Waals surface area contributed by atoms with Gasteiger partial charge in [0.05, 0.1) is 10.3 Å². The van der Waals surface area contributed by atoms with Gasteiger partial charge in [-0.05, 0) is 30.5 Å². The Morgan fingerprint density at radius 2 is 1.96 bits per heavy atom. The summed E-state index contributed by atoms with van der Waals surface area (Å²) in [7, 11) is 3.88. The number of pyridine rings is 1. The molecule has 0 bridgehead atoms. The first-order valence-corrected chi connectivity index (χ1v) is 10.3. The summed E-state index contributed by atoms with van der Waals surface area (Å²) in [6, 6.07) is 5.95. The Morgan fingerprint density at radius 1 is 1.18 bits per heavy atom. The van der Waals surface area contributed by atoms with Crippen LogP contribution in [-0.4, -0.2) is 52.9 Å². The third-order valence-corrected chi connectivity index (χ3v) is 5.87. The van der Waals surface area contributed by atoms with Gasteiger partial charge in [-0.3, -0.25) is 9.78 Å². The molecule has 3 heterocycles. The Labute approximate surface area is 170 Å². The molecule has 3 aromatic rings. The van der Waals surface area contributed by atoms with Gasteiger partial charge in [-0.2, -0.15) is 0 Å². The van der Waals surface area contributed by atoms with Gasteiger partial charge >= 0.3 is 0 Å². The van der Waals surface area contributed by atoms with Crippen LogP contribution in [-0.2, 0) is 6.42 Å². The zero-order valence-electron chi connectivity index (χ0n) is 17.1. The molecule has 0 aliphatic rings. The number of thiophene rings is 1. The van der Waals surface area contributed by atoms with Gasteiger partial charge < -0.3 is 9.80 Å². The Bertz CT molecular complexity index is 954. The molecule has 3 rings (SSSR count). The summed E-state index contributed by atoms with van der Waals surface area (Å²) >= 11 is 1.45. The van der Waals surface area contributed by atoms with Gasteiger partial charge in [0, 0.05) is 45.5 Å². The quantitative estimate of drug-likeness (QED) is 0.607. The Kier molecular flexibility index (Phi) is 6.24. The van der Waals surface area contributed by atoms with Gasteiger partial charge in [0.15, 0.2) is 0 Å². The zero-order valence-corrected chi connectivity index (χ0v) is 18.0. The molecular formula is C21H27N5OS. The molecule has 0 spiro atoms. The van der Waals surface area contributed by atoms with Gasteiger partial charge in [-0.25, -0.2) is 9.97 Å². The van der Waals surface area contributed by atoms with E-state index in [4.69, 9.17) is 0 Å². The fourth-order valence-corrected chi connectivity index (χ4v) is 4.42. The monoisotopic (exact) mass is 397 g/mol. The number of fused-ring (bicyclic) bond motifs is 1. The molecule has 0 saturated heterocycles. The van der Waals surface area contributed by atoms with Crippen LogP contribution in [0.1, 0.15) is 34.8 Å². The van der Waals surface area contributed by atoms with Crippen molar-refractivity contribution < 1.29 is 4.79 Å². The number of anilines is 1. The first-order valence-electron chi connectivity index (χ1n) is 9.49. The number of carbonyl (C=O) groups is 1. The van der Waals surface area contributed by atoms with Gasteiger partial charge in [0.1, 0.15) is 17.0 Å². The van der Waals surface area contributed by atoms with Crippen LogP contribution in [0.2, 0.25) is 0 Å². The van der Waals surface area contributed by atoms with Crippen molar-refractivity contribution in [2.24, 2.45) is 5.92 Å². The van der Waals surface area contributed by atoms with Crippen molar-refractivity contribution in [1.82, 2.24) is 19.9 Å². The molecular weight excluding hydrogens is 370 g/mol. The summed E-state index contributed by atoms with van der Waals surface area (Å²) in [5.41, 5.74) is 2.01. The minimum Gasteiger partial charge on any atom is -0.359 e. The maximum absolute atomic E-state index is 12.9. The minimum absolute atomic E-state index is 0.0521. The topological polar surface area (TPSA) is 62.2 Å². The molecule has 3 aromatic heterocycles. The van der Waals surface area contributed by atoms with Crippen molar-refractivity contribution in [3.8, 4) is 0 Å². The smallest absolute Gasteiger partial charge is 0.264 e. The van der Waals surface area contributed by atoms with Crippen LogP contribution in [0.15, 0.2) is 30.7 Å².